The van der Waals surface area contributed by atoms with Gasteiger partial charge in [-0.15, -0.1) is 0 Å². The van der Waals surface area contributed by atoms with Crippen molar-refractivity contribution >= 4 is 41.9 Å². The average molecular weight is 349 g/mol. The van der Waals surface area contributed by atoms with E-state index in [1.807, 2.05) is 5.48 Å². The molecular formula is C19H36NNaO3. The number of carbonyl (C=O) groups is 2. The van der Waals surface area contributed by atoms with Gasteiger partial charge >= 0.3 is 35.5 Å². The Labute approximate surface area is 170 Å². The fourth-order valence-corrected chi connectivity index (χ4v) is 2.48. The number of amides is 1. The third kappa shape index (κ3) is 21.7. The van der Waals surface area contributed by atoms with Crippen LogP contribution in [0, 0.1) is 0 Å². The SMILES string of the molecule is CCCCCCCC/C=C\CCCCCCCC(=O)ONC=O.[NaH]. The summed E-state index contributed by atoms with van der Waals surface area (Å²) in [5, 5.41) is 0. The van der Waals surface area contributed by atoms with Crippen LogP contribution >= 0.6 is 0 Å². The molecule has 0 saturated carbocycles. The first kappa shape index (κ1) is 25.9. The molecule has 0 rings (SSSR count). The molecule has 0 aliphatic heterocycles. The summed E-state index contributed by atoms with van der Waals surface area (Å²) in [6.45, 7) is 2.25. The van der Waals surface area contributed by atoms with Crippen molar-refractivity contribution in [3.05, 3.63) is 12.2 Å². The van der Waals surface area contributed by atoms with E-state index >= 15 is 0 Å². The van der Waals surface area contributed by atoms with E-state index in [1.54, 1.807) is 0 Å². The standard InChI is InChI=1S/C19H35NO3.Na.H/c1-2-3-4-5-6-7-8-9-10-11-12-13-14-15-16-17-19(22)23-20-18-21;;/h9-10,18H,2-8,11-17H2,1H3,(H,20,21);;/b10-9-;;. The van der Waals surface area contributed by atoms with E-state index in [0.717, 1.165) is 19.3 Å². The number of hydroxylamine groups is 1. The zero-order valence-corrected chi connectivity index (χ0v) is 14.9. The zero-order valence-electron chi connectivity index (χ0n) is 14.9. The molecule has 0 aliphatic carbocycles. The molecule has 5 heteroatoms. The Hall–Kier alpha value is -0.320. The van der Waals surface area contributed by atoms with Crippen molar-refractivity contribution in [1.82, 2.24) is 5.48 Å². The molecule has 0 heterocycles. The summed E-state index contributed by atoms with van der Waals surface area (Å²) >= 11 is 0. The number of hydrogen-bond donors (Lipinski definition) is 1. The Kier molecular flexibility index (Phi) is 24.5. The van der Waals surface area contributed by atoms with Gasteiger partial charge in [0.15, 0.2) is 0 Å². The molecular weight excluding hydrogens is 313 g/mol. The van der Waals surface area contributed by atoms with Crippen molar-refractivity contribution < 1.29 is 14.4 Å². The summed E-state index contributed by atoms with van der Waals surface area (Å²) in [6.07, 6.45) is 21.4. The molecule has 0 bridgehead atoms. The second-order valence-corrected chi connectivity index (χ2v) is 6.04. The van der Waals surface area contributed by atoms with Crippen molar-refractivity contribution in [2.45, 2.75) is 96.8 Å². The van der Waals surface area contributed by atoms with Crippen LogP contribution in [-0.2, 0) is 14.4 Å². The third-order valence-corrected chi connectivity index (χ3v) is 3.86. The Morgan fingerprint density at radius 1 is 0.833 bits per heavy atom. The molecule has 0 aromatic rings. The van der Waals surface area contributed by atoms with Crippen molar-refractivity contribution in [3.63, 3.8) is 0 Å². The van der Waals surface area contributed by atoms with Gasteiger partial charge in [0, 0.05) is 6.42 Å². The Bertz CT molecular complexity index is 309. The molecule has 4 nitrogen and oxygen atoms in total. The van der Waals surface area contributed by atoms with Crippen LogP contribution in [0.25, 0.3) is 0 Å². The summed E-state index contributed by atoms with van der Waals surface area (Å²) in [4.78, 5) is 25.5. The predicted molar refractivity (Wildman–Crippen MR) is 102 cm³/mol. The normalized spacial score (nSPS) is 10.4. The molecule has 0 unspecified atom stereocenters. The summed E-state index contributed by atoms with van der Waals surface area (Å²) in [7, 11) is 0. The summed E-state index contributed by atoms with van der Waals surface area (Å²) in [5.41, 5.74) is 1.91. The van der Waals surface area contributed by atoms with E-state index in [1.165, 1.54) is 64.2 Å². The monoisotopic (exact) mass is 349 g/mol. The van der Waals surface area contributed by atoms with Crippen LogP contribution in [0.4, 0.5) is 0 Å². The van der Waals surface area contributed by atoms with Gasteiger partial charge in [-0.25, -0.2) is 4.79 Å². The van der Waals surface area contributed by atoms with Crippen molar-refractivity contribution in [2.24, 2.45) is 0 Å². The van der Waals surface area contributed by atoms with Gasteiger partial charge in [-0.2, -0.15) is 5.48 Å². The molecule has 1 amide bonds. The quantitative estimate of drug-likeness (QED) is 0.137. The predicted octanol–water partition coefficient (Wildman–Crippen LogP) is 4.58. The van der Waals surface area contributed by atoms with E-state index in [-0.39, 0.29) is 35.5 Å². The molecule has 0 atom stereocenters. The van der Waals surface area contributed by atoms with E-state index in [2.05, 4.69) is 23.9 Å². The van der Waals surface area contributed by atoms with E-state index in [0.29, 0.717) is 12.8 Å². The molecule has 0 aromatic carbocycles. The van der Waals surface area contributed by atoms with Crippen LogP contribution in [0.15, 0.2) is 12.2 Å². The van der Waals surface area contributed by atoms with E-state index in [4.69, 9.17) is 0 Å². The minimum atomic E-state index is -0.366. The maximum absolute atomic E-state index is 11.1. The molecule has 0 saturated heterocycles. The van der Waals surface area contributed by atoms with Gasteiger partial charge in [0.05, 0.1) is 0 Å². The van der Waals surface area contributed by atoms with Gasteiger partial charge in [-0.05, 0) is 32.1 Å². The average Bonchev–Trinajstić information content (AvgIpc) is 2.56. The fraction of sp³-hybridized carbons (Fsp3) is 0.789. The van der Waals surface area contributed by atoms with Gasteiger partial charge < -0.3 is 4.84 Å². The number of hydrogen-bond acceptors (Lipinski definition) is 3. The first-order valence-corrected chi connectivity index (χ1v) is 9.35. The van der Waals surface area contributed by atoms with Crippen LogP contribution in [0.1, 0.15) is 96.8 Å². The first-order chi connectivity index (χ1) is 11.3. The number of nitrogens with one attached hydrogen (secondary N) is 1. The topological polar surface area (TPSA) is 55.4 Å². The molecule has 0 radical (unpaired) electrons. The summed E-state index contributed by atoms with van der Waals surface area (Å²) < 4.78 is 0. The van der Waals surface area contributed by atoms with Gasteiger partial charge in [-0.3, -0.25) is 4.79 Å². The first-order valence-electron chi connectivity index (χ1n) is 9.35. The van der Waals surface area contributed by atoms with Crippen LogP contribution < -0.4 is 5.48 Å². The maximum atomic E-state index is 11.1. The minimum absolute atomic E-state index is 0. The van der Waals surface area contributed by atoms with Crippen LogP contribution in [0.2, 0.25) is 0 Å². The number of unbranched alkanes of at least 4 members (excludes halogenated alkanes) is 11. The molecule has 136 valence electrons. The van der Waals surface area contributed by atoms with Gasteiger partial charge in [-0.1, -0.05) is 70.4 Å². The Morgan fingerprint density at radius 2 is 1.33 bits per heavy atom. The van der Waals surface area contributed by atoms with Crippen LogP contribution in [0.3, 0.4) is 0 Å². The van der Waals surface area contributed by atoms with Crippen LogP contribution in [-0.4, -0.2) is 41.9 Å². The number of carbonyl (C=O) groups excluding carboxylic acids is 2. The Morgan fingerprint density at radius 3 is 1.88 bits per heavy atom. The Balaban J connectivity index is 0. The van der Waals surface area contributed by atoms with Crippen LogP contribution in [0.5, 0.6) is 0 Å². The molecule has 0 fully saturated rings. The van der Waals surface area contributed by atoms with E-state index in [9.17, 15) is 9.59 Å². The van der Waals surface area contributed by atoms with E-state index < -0.39 is 0 Å². The zero-order chi connectivity index (χ0) is 17.0. The number of allylic oxidation sites excluding steroid dienone is 2. The fourth-order valence-electron chi connectivity index (χ4n) is 2.48. The van der Waals surface area contributed by atoms with Gasteiger partial charge in [0.2, 0.25) is 6.41 Å². The molecule has 0 aromatic heterocycles. The van der Waals surface area contributed by atoms with Gasteiger partial charge in [0.1, 0.15) is 0 Å². The van der Waals surface area contributed by atoms with Gasteiger partial charge in [0.25, 0.3) is 0 Å². The molecule has 0 aliphatic rings. The summed E-state index contributed by atoms with van der Waals surface area (Å²) in [5.74, 6) is -0.366. The molecule has 24 heavy (non-hydrogen) atoms. The summed E-state index contributed by atoms with van der Waals surface area (Å²) in [6, 6.07) is 0. The van der Waals surface area contributed by atoms with Crippen molar-refractivity contribution in [3.8, 4) is 0 Å². The third-order valence-electron chi connectivity index (χ3n) is 3.86. The number of rotatable bonds is 17. The van der Waals surface area contributed by atoms with Crippen molar-refractivity contribution in [2.75, 3.05) is 0 Å². The second kappa shape index (κ2) is 22.7. The molecule has 1 N–H and O–H groups in total. The second-order valence-electron chi connectivity index (χ2n) is 6.04. The molecule has 0 spiro atoms. The van der Waals surface area contributed by atoms with Crippen molar-refractivity contribution in [1.29, 1.82) is 0 Å².